The summed E-state index contributed by atoms with van der Waals surface area (Å²) in [5, 5.41) is 8.70. The van der Waals surface area contributed by atoms with Gasteiger partial charge in [-0.05, 0) is 19.1 Å². The molecular formula is C9H9N3O. The first-order valence-electron chi connectivity index (χ1n) is 3.66. The first-order valence-corrected chi connectivity index (χ1v) is 3.66. The Morgan fingerprint density at radius 2 is 2.08 bits per heavy atom. The minimum atomic E-state index is -0.228. The summed E-state index contributed by atoms with van der Waals surface area (Å²) in [7, 11) is 0. The first kappa shape index (κ1) is 9.07. The average molecular weight is 175 g/mol. The van der Waals surface area contributed by atoms with Gasteiger partial charge in [0.05, 0.1) is 11.1 Å². The molecule has 4 N–H and O–H groups in total. The lowest BCUT2D eigenvalue weighted by Crippen LogP contribution is -2.04. The fourth-order valence-electron chi connectivity index (χ4n) is 1.17. The van der Waals surface area contributed by atoms with Gasteiger partial charge in [0.2, 0.25) is 0 Å². The molecule has 0 saturated heterocycles. The number of hydrogen-bond acceptors (Lipinski definition) is 4. The molecule has 0 aliphatic rings. The predicted octanol–water partition coefficient (Wildman–Crippen LogP) is 0.925. The summed E-state index contributed by atoms with van der Waals surface area (Å²) in [5.41, 5.74) is 12.1. The molecule has 66 valence electrons. The Morgan fingerprint density at radius 3 is 2.54 bits per heavy atom. The molecule has 0 heterocycles. The number of nitrogen functional groups attached to an aromatic ring is 2. The summed E-state index contributed by atoms with van der Waals surface area (Å²) in [4.78, 5) is 11.1. The minimum absolute atomic E-state index is 0.227. The summed E-state index contributed by atoms with van der Waals surface area (Å²) in [6.07, 6.45) is 0. The van der Waals surface area contributed by atoms with Crippen molar-refractivity contribution in [3.63, 3.8) is 0 Å². The van der Waals surface area contributed by atoms with Crippen molar-refractivity contribution in [2.45, 2.75) is 6.92 Å². The lowest BCUT2D eigenvalue weighted by molar-refractivity contribution is 0.101. The van der Waals surface area contributed by atoms with E-state index >= 15 is 0 Å². The van der Waals surface area contributed by atoms with Crippen molar-refractivity contribution < 1.29 is 4.79 Å². The lowest BCUT2D eigenvalue weighted by atomic mass is 10.0. The summed E-state index contributed by atoms with van der Waals surface area (Å²) in [5.74, 6) is -0.228. The molecule has 0 fully saturated rings. The number of carbonyl (C=O) groups is 1. The van der Waals surface area contributed by atoms with Gasteiger partial charge in [-0.1, -0.05) is 0 Å². The fraction of sp³-hybridized carbons (Fsp3) is 0.111. The maximum Gasteiger partial charge on any atom is 0.163 e. The lowest BCUT2D eigenvalue weighted by Gasteiger charge is -2.04. The van der Waals surface area contributed by atoms with E-state index in [9.17, 15) is 4.79 Å². The van der Waals surface area contributed by atoms with Gasteiger partial charge in [0.15, 0.2) is 5.78 Å². The number of nitrogens with two attached hydrogens (primary N) is 2. The molecule has 0 aliphatic heterocycles. The van der Waals surface area contributed by atoms with Gasteiger partial charge in [-0.15, -0.1) is 0 Å². The molecule has 1 rings (SSSR count). The molecule has 4 heteroatoms. The summed E-state index contributed by atoms with van der Waals surface area (Å²) < 4.78 is 0. The zero-order valence-corrected chi connectivity index (χ0v) is 7.16. The van der Waals surface area contributed by atoms with Crippen LogP contribution in [0.1, 0.15) is 22.8 Å². The molecule has 4 nitrogen and oxygen atoms in total. The van der Waals surface area contributed by atoms with E-state index in [1.807, 2.05) is 6.07 Å². The predicted molar refractivity (Wildman–Crippen MR) is 50.0 cm³/mol. The van der Waals surface area contributed by atoms with Gasteiger partial charge in [0.25, 0.3) is 0 Å². The van der Waals surface area contributed by atoms with Crippen LogP contribution in [0, 0.1) is 11.3 Å². The van der Waals surface area contributed by atoms with E-state index in [2.05, 4.69) is 0 Å². The van der Waals surface area contributed by atoms with E-state index in [1.54, 1.807) is 0 Å². The highest BCUT2D eigenvalue weighted by atomic mass is 16.1. The Labute approximate surface area is 75.8 Å². The van der Waals surface area contributed by atoms with Crippen LogP contribution in [-0.2, 0) is 0 Å². The second kappa shape index (κ2) is 3.15. The fourth-order valence-corrected chi connectivity index (χ4v) is 1.17. The molecule has 0 aliphatic carbocycles. The molecule has 1 aromatic rings. The van der Waals surface area contributed by atoms with Crippen molar-refractivity contribution in [1.82, 2.24) is 0 Å². The van der Waals surface area contributed by atoms with Gasteiger partial charge in [-0.3, -0.25) is 4.79 Å². The number of ketones is 1. The van der Waals surface area contributed by atoms with Crippen molar-refractivity contribution >= 4 is 17.2 Å². The second-order valence-corrected chi connectivity index (χ2v) is 2.70. The topological polar surface area (TPSA) is 92.9 Å². The quantitative estimate of drug-likeness (QED) is 0.490. The Bertz CT molecular complexity index is 404. The summed E-state index contributed by atoms with van der Waals surface area (Å²) >= 11 is 0. The number of hydrogen-bond donors (Lipinski definition) is 2. The second-order valence-electron chi connectivity index (χ2n) is 2.70. The Hall–Kier alpha value is -2.02. The molecule has 0 unspecified atom stereocenters. The third-order valence-electron chi connectivity index (χ3n) is 1.66. The number of Topliss-reactive ketones (excluding diaryl/α,β-unsaturated/α-hetero) is 1. The smallest absolute Gasteiger partial charge is 0.163 e. The van der Waals surface area contributed by atoms with Crippen LogP contribution < -0.4 is 11.5 Å². The summed E-state index contributed by atoms with van der Waals surface area (Å²) in [6.45, 7) is 1.36. The molecule has 0 radical (unpaired) electrons. The van der Waals surface area contributed by atoms with Crippen molar-refractivity contribution in [2.24, 2.45) is 0 Å². The monoisotopic (exact) mass is 175 g/mol. The van der Waals surface area contributed by atoms with Crippen LogP contribution >= 0.6 is 0 Å². The van der Waals surface area contributed by atoms with E-state index in [1.165, 1.54) is 19.1 Å². The zero-order valence-electron chi connectivity index (χ0n) is 7.16. The van der Waals surface area contributed by atoms with Crippen molar-refractivity contribution in [3.8, 4) is 6.07 Å². The summed E-state index contributed by atoms with van der Waals surface area (Å²) in [6, 6.07) is 4.79. The number of nitriles is 1. The van der Waals surface area contributed by atoms with E-state index in [0.717, 1.165) is 0 Å². The third-order valence-corrected chi connectivity index (χ3v) is 1.66. The Balaban J connectivity index is 3.50. The normalized spacial score (nSPS) is 9.23. The van der Waals surface area contributed by atoms with E-state index in [-0.39, 0.29) is 22.6 Å². The van der Waals surface area contributed by atoms with E-state index < -0.39 is 0 Å². The molecule has 0 aromatic heterocycles. The number of nitrogens with zero attached hydrogens (tertiary/aromatic N) is 1. The Morgan fingerprint density at radius 1 is 1.46 bits per heavy atom. The van der Waals surface area contributed by atoms with E-state index in [4.69, 9.17) is 16.7 Å². The van der Waals surface area contributed by atoms with Crippen LogP contribution in [-0.4, -0.2) is 5.78 Å². The van der Waals surface area contributed by atoms with E-state index in [0.29, 0.717) is 5.69 Å². The number of anilines is 2. The van der Waals surface area contributed by atoms with Gasteiger partial charge < -0.3 is 11.5 Å². The van der Waals surface area contributed by atoms with Crippen molar-refractivity contribution in [3.05, 3.63) is 23.3 Å². The molecule has 0 spiro atoms. The molecule has 0 atom stereocenters. The van der Waals surface area contributed by atoms with Gasteiger partial charge in [-0.2, -0.15) is 5.26 Å². The number of benzene rings is 1. The van der Waals surface area contributed by atoms with Crippen molar-refractivity contribution in [1.29, 1.82) is 5.26 Å². The van der Waals surface area contributed by atoms with Crippen LogP contribution in [0.5, 0.6) is 0 Å². The first-order chi connectivity index (χ1) is 6.06. The number of rotatable bonds is 1. The maximum atomic E-state index is 11.1. The molecular weight excluding hydrogens is 166 g/mol. The van der Waals surface area contributed by atoms with Gasteiger partial charge in [-0.25, -0.2) is 0 Å². The van der Waals surface area contributed by atoms with Gasteiger partial charge in [0, 0.05) is 11.4 Å². The molecule has 0 amide bonds. The highest BCUT2D eigenvalue weighted by Crippen LogP contribution is 2.21. The molecule has 0 saturated carbocycles. The molecule has 0 bridgehead atoms. The maximum absolute atomic E-state index is 11.1. The highest BCUT2D eigenvalue weighted by molar-refractivity contribution is 6.02. The van der Waals surface area contributed by atoms with Crippen LogP contribution in [0.4, 0.5) is 11.4 Å². The zero-order chi connectivity index (χ0) is 10.0. The van der Waals surface area contributed by atoms with Gasteiger partial charge in [0.1, 0.15) is 6.07 Å². The SMILES string of the molecule is CC(=O)c1c(N)cc(N)cc1C#N. The molecule has 1 aromatic carbocycles. The number of carbonyl (C=O) groups excluding carboxylic acids is 1. The van der Waals surface area contributed by atoms with Crippen LogP contribution in [0.3, 0.4) is 0 Å². The largest absolute Gasteiger partial charge is 0.399 e. The Kier molecular flexibility index (Phi) is 2.20. The standard InChI is InChI=1S/C9H9N3O/c1-5(13)9-6(4-10)2-7(11)3-8(9)12/h2-3H,11-12H2,1H3. The average Bonchev–Trinajstić information content (AvgIpc) is 2.01. The van der Waals surface area contributed by atoms with Crippen molar-refractivity contribution in [2.75, 3.05) is 11.5 Å². The van der Waals surface area contributed by atoms with Crippen LogP contribution in [0.2, 0.25) is 0 Å². The van der Waals surface area contributed by atoms with Crippen LogP contribution in [0.25, 0.3) is 0 Å². The minimum Gasteiger partial charge on any atom is -0.399 e. The third kappa shape index (κ3) is 1.59. The van der Waals surface area contributed by atoms with Gasteiger partial charge >= 0.3 is 0 Å². The highest BCUT2D eigenvalue weighted by Gasteiger charge is 2.11. The molecule has 13 heavy (non-hydrogen) atoms. The van der Waals surface area contributed by atoms with Crippen LogP contribution in [0.15, 0.2) is 12.1 Å².